The van der Waals surface area contributed by atoms with Crippen LogP contribution in [-0.2, 0) is 6.54 Å². The van der Waals surface area contributed by atoms with Crippen LogP contribution in [0.2, 0.25) is 0 Å². The molecule has 12 heteroatoms. The van der Waals surface area contributed by atoms with E-state index in [4.69, 9.17) is 19.9 Å². The summed E-state index contributed by atoms with van der Waals surface area (Å²) in [5.41, 5.74) is 7.04. The first-order chi connectivity index (χ1) is 25.4. The Morgan fingerprint density at radius 1 is 0.808 bits per heavy atom. The number of rotatable bonds is 9. The van der Waals surface area contributed by atoms with E-state index in [1.807, 2.05) is 12.3 Å². The topological polar surface area (TPSA) is 112 Å². The molecular weight excluding hydrogens is 651 g/mol. The van der Waals surface area contributed by atoms with E-state index in [2.05, 4.69) is 98.5 Å². The third kappa shape index (κ3) is 7.70. The number of piperidine rings is 1. The summed E-state index contributed by atoms with van der Waals surface area (Å²) in [5, 5.41) is 20.2. The van der Waals surface area contributed by atoms with Gasteiger partial charge in [-0.15, -0.1) is 10.2 Å². The van der Waals surface area contributed by atoms with Crippen LogP contribution < -0.4 is 4.90 Å². The van der Waals surface area contributed by atoms with Crippen LogP contribution in [0.1, 0.15) is 18.4 Å². The molecule has 0 amide bonds. The number of azo groups is 1. The van der Waals surface area contributed by atoms with Crippen molar-refractivity contribution in [2.45, 2.75) is 19.4 Å². The number of amidine groups is 1. The van der Waals surface area contributed by atoms with Crippen molar-refractivity contribution < 1.29 is 5.21 Å². The lowest BCUT2D eigenvalue weighted by Gasteiger charge is -2.35. The molecule has 4 aromatic rings. The zero-order valence-corrected chi connectivity index (χ0v) is 29.9. The summed E-state index contributed by atoms with van der Waals surface area (Å²) in [4.78, 5) is 29.3. The minimum atomic E-state index is 0.295. The Hall–Kier alpha value is -5.14. The van der Waals surface area contributed by atoms with E-state index in [1.54, 1.807) is 24.6 Å². The first-order valence-corrected chi connectivity index (χ1v) is 18.2. The molecule has 8 rings (SSSR count). The van der Waals surface area contributed by atoms with Crippen molar-refractivity contribution in [2.75, 3.05) is 71.4 Å². The van der Waals surface area contributed by atoms with E-state index in [0.717, 1.165) is 128 Å². The molecule has 6 heterocycles. The van der Waals surface area contributed by atoms with Crippen molar-refractivity contribution in [3.63, 3.8) is 0 Å². The van der Waals surface area contributed by atoms with E-state index in [9.17, 15) is 5.21 Å². The maximum absolute atomic E-state index is 9.52. The maximum Gasteiger partial charge on any atom is 0.227 e. The zero-order chi connectivity index (χ0) is 35.4. The van der Waals surface area contributed by atoms with Gasteiger partial charge in [0.2, 0.25) is 5.95 Å². The number of hydrogen-bond donors (Lipinski definition) is 1. The molecule has 0 spiro atoms. The number of benzene rings is 2. The maximum atomic E-state index is 9.52. The molecule has 2 saturated heterocycles. The Morgan fingerprint density at radius 3 is 2.29 bits per heavy atom. The van der Waals surface area contributed by atoms with Crippen molar-refractivity contribution in [3.05, 3.63) is 108 Å². The second kappa shape index (κ2) is 15.2. The summed E-state index contributed by atoms with van der Waals surface area (Å²) in [6.45, 7) is 8.82. The number of hydrogen-bond acceptors (Lipinski definition) is 12. The van der Waals surface area contributed by atoms with Crippen molar-refractivity contribution in [1.29, 1.82) is 0 Å². The average Bonchev–Trinajstić information content (AvgIpc) is 3.68. The van der Waals surface area contributed by atoms with Crippen LogP contribution >= 0.6 is 0 Å². The summed E-state index contributed by atoms with van der Waals surface area (Å²) >= 11 is 0. The number of allylic oxidation sites excluding steroid dienone is 3. The fraction of sp³-hybridized carbons (Fsp3) is 0.350. The molecule has 0 aliphatic carbocycles. The van der Waals surface area contributed by atoms with Gasteiger partial charge in [0.1, 0.15) is 0 Å². The average molecular weight is 696 g/mol. The second-order valence-corrected chi connectivity index (χ2v) is 14.2. The number of hydroxylamine groups is 2. The number of anilines is 1. The van der Waals surface area contributed by atoms with Crippen LogP contribution in [0.4, 0.5) is 5.95 Å². The van der Waals surface area contributed by atoms with Gasteiger partial charge >= 0.3 is 0 Å². The largest absolute Gasteiger partial charge is 0.338 e. The number of likely N-dealkylation sites (tertiary alicyclic amines) is 1. The highest BCUT2D eigenvalue weighted by atomic mass is 16.5. The van der Waals surface area contributed by atoms with Crippen LogP contribution in [0, 0.1) is 5.92 Å². The van der Waals surface area contributed by atoms with Gasteiger partial charge in [0.15, 0.2) is 17.3 Å². The van der Waals surface area contributed by atoms with E-state index in [-0.39, 0.29) is 0 Å². The van der Waals surface area contributed by atoms with Crippen LogP contribution in [-0.4, -0.2) is 112 Å². The smallest absolute Gasteiger partial charge is 0.227 e. The summed E-state index contributed by atoms with van der Waals surface area (Å²) in [7, 11) is 4.25. The number of pyridine rings is 1. The van der Waals surface area contributed by atoms with Gasteiger partial charge in [0.25, 0.3) is 0 Å². The highest BCUT2D eigenvalue weighted by Gasteiger charge is 2.27. The molecule has 12 nitrogen and oxygen atoms in total. The molecule has 0 radical (unpaired) electrons. The minimum Gasteiger partial charge on any atom is -0.338 e. The third-order valence-electron chi connectivity index (χ3n) is 10.3. The lowest BCUT2D eigenvalue weighted by Crippen LogP contribution is -2.48. The lowest BCUT2D eigenvalue weighted by atomic mass is 9.95. The number of fused-ring (bicyclic) bond motifs is 1. The Labute approximate surface area is 304 Å². The van der Waals surface area contributed by atoms with Gasteiger partial charge in [0, 0.05) is 92.4 Å². The van der Waals surface area contributed by atoms with Crippen molar-refractivity contribution in [1.82, 2.24) is 34.7 Å². The van der Waals surface area contributed by atoms with Crippen LogP contribution in [0.15, 0.2) is 118 Å². The second-order valence-electron chi connectivity index (χ2n) is 14.2. The number of piperazine rings is 1. The number of likely N-dealkylation sites (N-methyl/N-ethyl adjacent to an activating group) is 1. The van der Waals surface area contributed by atoms with Gasteiger partial charge in [-0.1, -0.05) is 54.6 Å². The zero-order valence-electron chi connectivity index (χ0n) is 29.9. The Bertz CT molecular complexity index is 2020. The first-order valence-electron chi connectivity index (χ1n) is 18.2. The number of aliphatic imine (C=N–C) groups is 1. The van der Waals surface area contributed by atoms with Gasteiger partial charge < -0.3 is 9.80 Å². The molecule has 0 bridgehead atoms. The Kier molecular flexibility index (Phi) is 9.95. The normalized spacial score (nSPS) is 18.7. The molecule has 2 fully saturated rings. The summed E-state index contributed by atoms with van der Waals surface area (Å²) in [6.07, 6.45) is 10.6. The van der Waals surface area contributed by atoms with E-state index < -0.39 is 0 Å². The molecule has 2 aromatic carbocycles. The lowest BCUT2D eigenvalue weighted by molar-refractivity contribution is 0.0105. The summed E-state index contributed by atoms with van der Waals surface area (Å²) < 4.78 is 0. The van der Waals surface area contributed by atoms with E-state index in [0.29, 0.717) is 11.7 Å². The molecule has 4 aliphatic heterocycles. The first kappa shape index (κ1) is 34.0. The number of aromatic nitrogens is 3. The Morgan fingerprint density at radius 2 is 1.56 bits per heavy atom. The van der Waals surface area contributed by atoms with Crippen molar-refractivity contribution in [2.24, 2.45) is 21.1 Å². The summed E-state index contributed by atoms with van der Waals surface area (Å²) in [5.74, 6) is 2.46. The predicted molar refractivity (Wildman–Crippen MR) is 205 cm³/mol. The van der Waals surface area contributed by atoms with Crippen molar-refractivity contribution >= 4 is 22.8 Å². The Balaban J connectivity index is 0.957. The molecule has 4 aliphatic rings. The molecule has 2 aromatic heterocycles. The predicted octanol–water partition coefficient (Wildman–Crippen LogP) is 6.06. The van der Waals surface area contributed by atoms with Crippen LogP contribution in [0.5, 0.6) is 0 Å². The highest BCUT2D eigenvalue weighted by Crippen LogP contribution is 2.34. The van der Waals surface area contributed by atoms with Gasteiger partial charge in [-0.25, -0.2) is 20.0 Å². The van der Waals surface area contributed by atoms with Gasteiger partial charge in [0.05, 0.1) is 5.69 Å². The van der Waals surface area contributed by atoms with Gasteiger partial charge in [-0.05, 0) is 69.4 Å². The molecule has 52 heavy (non-hydrogen) atoms. The summed E-state index contributed by atoms with van der Waals surface area (Å²) in [6, 6.07) is 21.5. The molecule has 0 unspecified atom stereocenters. The monoisotopic (exact) mass is 695 g/mol. The number of nitrogens with zero attached hydrogens (tertiary/aromatic N) is 11. The SMILES string of the molecule is CN(C)CCN1CCN(c2ncc3cc(-c4ccccc4)c(-c4ccc(CN5CCC(C6=NC(=C7C=CN(O)C=C7)N=N6)CC5)cc4)nc3n2)CC1. The van der Waals surface area contributed by atoms with Gasteiger partial charge in [-0.2, -0.15) is 4.98 Å². The molecule has 0 atom stereocenters. The fourth-order valence-corrected chi connectivity index (χ4v) is 7.17. The van der Waals surface area contributed by atoms with Gasteiger partial charge in [-0.3, -0.25) is 15.0 Å². The highest BCUT2D eigenvalue weighted by molar-refractivity contribution is 5.90. The molecule has 1 N–H and O–H groups in total. The molecule has 266 valence electrons. The fourth-order valence-electron chi connectivity index (χ4n) is 7.17. The molecular formula is C40H45N11O. The molecule has 0 saturated carbocycles. The van der Waals surface area contributed by atoms with Crippen LogP contribution in [0.25, 0.3) is 33.4 Å². The van der Waals surface area contributed by atoms with E-state index in [1.165, 1.54) is 5.56 Å². The van der Waals surface area contributed by atoms with E-state index >= 15 is 0 Å². The van der Waals surface area contributed by atoms with Crippen LogP contribution in [0.3, 0.4) is 0 Å². The minimum absolute atomic E-state index is 0.295. The standard InChI is InChI=1S/C40H45N11O/c1-47(2)20-21-48-22-24-50(25-23-48)40-41-27-34-26-35(30-6-4-3-5-7-30)36(42-37(34)44-40)31-10-8-29(9-11-31)28-49-16-12-32(13-17-49)38-43-39(46-45-38)33-14-18-51(52)19-15-33/h3-11,14-15,18-19,26-27,32,52H,12-13,16-17,20-25,28H2,1-2H3. The van der Waals surface area contributed by atoms with Crippen molar-refractivity contribution in [3.8, 4) is 22.4 Å². The third-order valence-corrected chi connectivity index (χ3v) is 10.3. The quantitative estimate of drug-likeness (QED) is 0.223.